The van der Waals surface area contributed by atoms with Crippen LogP contribution in [0.1, 0.15) is 36.0 Å². The van der Waals surface area contributed by atoms with Crippen molar-refractivity contribution in [1.29, 1.82) is 0 Å². The fourth-order valence-corrected chi connectivity index (χ4v) is 1.60. The molecule has 0 unspecified atom stereocenters. The third-order valence-corrected chi connectivity index (χ3v) is 2.80. The Balaban J connectivity index is 1.60. The first-order chi connectivity index (χ1) is 8.31. The predicted octanol–water partition coefficient (Wildman–Crippen LogP) is 2.83. The first-order valence-corrected chi connectivity index (χ1v) is 5.83. The first kappa shape index (κ1) is 10.3. The molecular formula is C13H14N2O2. The van der Waals surface area contributed by atoms with E-state index in [1.165, 1.54) is 18.4 Å². The molecule has 88 valence electrons. The van der Waals surface area contributed by atoms with Crippen molar-refractivity contribution in [1.82, 2.24) is 10.1 Å². The lowest BCUT2D eigenvalue weighted by molar-refractivity contribution is 0.285. The summed E-state index contributed by atoms with van der Waals surface area (Å²) >= 11 is 0. The van der Waals surface area contributed by atoms with Gasteiger partial charge in [-0.1, -0.05) is 22.9 Å². The van der Waals surface area contributed by atoms with E-state index in [1.54, 1.807) is 0 Å². The molecule has 0 radical (unpaired) electrons. The lowest BCUT2D eigenvalue weighted by atomic mass is 10.2. The molecule has 1 heterocycles. The summed E-state index contributed by atoms with van der Waals surface area (Å²) in [4.78, 5) is 4.30. The van der Waals surface area contributed by atoms with Gasteiger partial charge in [-0.05, 0) is 31.9 Å². The van der Waals surface area contributed by atoms with E-state index < -0.39 is 0 Å². The second-order valence-electron chi connectivity index (χ2n) is 4.42. The monoisotopic (exact) mass is 230 g/mol. The van der Waals surface area contributed by atoms with E-state index in [1.807, 2.05) is 31.2 Å². The second-order valence-corrected chi connectivity index (χ2v) is 4.42. The molecule has 3 rings (SSSR count). The highest BCUT2D eigenvalue weighted by Gasteiger charge is 2.29. The topological polar surface area (TPSA) is 48.2 Å². The summed E-state index contributed by atoms with van der Waals surface area (Å²) in [5.41, 5.74) is 1.22. The molecule has 1 aromatic carbocycles. The zero-order valence-corrected chi connectivity index (χ0v) is 9.72. The van der Waals surface area contributed by atoms with Crippen molar-refractivity contribution in [2.24, 2.45) is 0 Å². The molecule has 2 aromatic rings. The number of hydrogen-bond acceptors (Lipinski definition) is 4. The van der Waals surface area contributed by atoms with Crippen LogP contribution in [0.25, 0.3) is 0 Å². The molecule has 1 aliphatic carbocycles. The molecule has 0 bridgehead atoms. The van der Waals surface area contributed by atoms with Crippen LogP contribution >= 0.6 is 0 Å². The molecule has 0 saturated heterocycles. The number of hydrogen-bond donors (Lipinski definition) is 0. The Bertz CT molecular complexity index is 500. The maximum Gasteiger partial charge on any atom is 0.229 e. The van der Waals surface area contributed by atoms with Gasteiger partial charge in [0.25, 0.3) is 0 Å². The van der Waals surface area contributed by atoms with Crippen LogP contribution in [0.5, 0.6) is 5.75 Å². The van der Waals surface area contributed by atoms with Gasteiger partial charge in [-0.3, -0.25) is 0 Å². The summed E-state index contributed by atoms with van der Waals surface area (Å²) in [6, 6.07) is 7.91. The van der Waals surface area contributed by atoms with Crippen LogP contribution in [0.3, 0.4) is 0 Å². The Morgan fingerprint density at radius 3 is 2.76 bits per heavy atom. The molecule has 0 N–H and O–H groups in total. The van der Waals surface area contributed by atoms with Crippen molar-refractivity contribution in [3.63, 3.8) is 0 Å². The van der Waals surface area contributed by atoms with Gasteiger partial charge in [0.1, 0.15) is 5.75 Å². The molecule has 1 saturated carbocycles. The average molecular weight is 230 g/mol. The van der Waals surface area contributed by atoms with Crippen LogP contribution in [0, 0.1) is 6.92 Å². The van der Waals surface area contributed by atoms with E-state index in [9.17, 15) is 0 Å². The summed E-state index contributed by atoms with van der Waals surface area (Å²) in [7, 11) is 0. The van der Waals surface area contributed by atoms with Crippen LogP contribution in [-0.4, -0.2) is 10.1 Å². The highest BCUT2D eigenvalue weighted by atomic mass is 16.5. The molecule has 0 aliphatic heterocycles. The van der Waals surface area contributed by atoms with Crippen LogP contribution in [0.15, 0.2) is 28.8 Å². The smallest absolute Gasteiger partial charge is 0.229 e. The van der Waals surface area contributed by atoms with E-state index in [4.69, 9.17) is 9.26 Å². The standard InChI is InChI=1S/C13H14N2O2/c1-9-2-6-11(7-3-9)16-8-12-14-13(17-15-12)10-4-5-10/h2-3,6-7,10H,4-5,8H2,1H3. The lowest BCUT2D eigenvalue weighted by Gasteiger charge is -2.02. The highest BCUT2D eigenvalue weighted by molar-refractivity contribution is 5.26. The van der Waals surface area contributed by atoms with Gasteiger partial charge in [-0.2, -0.15) is 4.98 Å². The molecule has 0 amide bonds. The van der Waals surface area contributed by atoms with E-state index in [0.29, 0.717) is 18.3 Å². The Kier molecular flexibility index (Phi) is 2.55. The molecule has 4 heteroatoms. The average Bonchev–Trinajstić information content (AvgIpc) is 3.09. The van der Waals surface area contributed by atoms with Crippen molar-refractivity contribution in [3.8, 4) is 5.75 Å². The zero-order chi connectivity index (χ0) is 11.7. The van der Waals surface area contributed by atoms with Gasteiger partial charge in [0.05, 0.1) is 0 Å². The quantitative estimate of drug-likeness (QED) is 0.810. The van der Waals surface area contributed by atoms with E-state index >= 15 is 0 Å². The minimum atomic E-state index is 0.360. The largest absolute Gasteiger partial charge is 0.485 e. The lowest BCUT2D eigenvalue weighted by Crippen LogP contribution is -1.97. The third-order valence-electron chi connectivity index (χ3n) is 2.80. The Labute approximate surface area is 99.6 Å². The third kappa shape index (κ3) is 2.46. The molecule has 1 aromatic heterocycles. The Morgan fingerprint density at radius 2 is 2.06 bits per heavy atom. The Hall–Kier alpha value is -1.84. The molecule has 4 nitrogen and oxygen atoms in total. The molecule has 1 aliphatic rings. The van der Waals surface area contributed by atoms with Gasteiger partial charge < -0.3 is 9.26 Å². The van der Waals surface area contributed by atoms with Crippen molar-refractivity contribution in [2.75, 3.05) is 0 Å². The van der Waals surface area contributed by atoms with Gasteiger partial charge >= 0.3 is 0 Å². The number of aromatic nitrogens is 2. The zero-order valence-electron chi connectivity index (χ0n) is 9.72. The van der Waals surface area contributed by atoms with Gasteiger partial charge in [-0.15, -0.1) is 0 Å². The number of rotatable bonds is 4. The molecular weight excluding hydrogens is 216 g/mol. The van der Waals surface area contributed by atoms with Crippen LogP contribution in [0.2, 0.25) is 0 Å². The number of benzene rings is 1. The van der Waals surface area contributed by atoms with Crippen LogP contribution in [0.4, 0.5) is 0 Å². The summed E-state index contributed by atoms with van der Waals surface area (Å²) < 4.78 is 10.7. The van der Waals surface area contributed by atoms with Crippen molar-refractivity contribution in [3.05, 3.63) is 41.5 Å². The van der Waals surface area contributed by atoms with Crippen molar-refractivity contribution < 1.29 is 9.26 Å². The fraction of sp³-hybridized carbons (Fsp3) is 0.385. The van der Waals surface area contributed by atoms with Gasteiger partial charge in [0.15, 0.2) is 6.61 Å². The minimum Gasteiger partial charge on any atom is -0.485 e. The second kappa shape index (κ2) is 4.20. The summed E-state index contributed by atoms with van der Waals surface area (Å²) in [5.74, 6) is 2.70. The van der Waals surface area contributed by atoms with Gasteiger partial charge in [-0.25, -0.2) is 0 Å². The molecule has 1 fully saturated rings. The maximum absolute atomic E-state index is 5.58. The van der Waals surface area contributed by atoms with Gasteiger partial charge in [0, 0.05) is 5.92 Å². The summed E-state index contributed by atoms with van der Waals surface area (Å²) in [6.45, 7) is 2.41. The molecule has 0 spiro atoms. The first-order valence-electron chi connectivity index (χ1n) is 5.83. The SMILES string of the molecule is Cc1ccc(OCc2noc(C3CC3)n2)cc1. The Morgan fingerprint density at radius 1 is 1.29 bits per heavy atom. The van der Waals surface area contributed by atoms with Gasteiger partial charge in [0.2, 0.25) is 11.7 Å². The number of ether oxygens (including phenoxy) is 1. The minimum absolute atomic E-state index is 0.360. The van der Waals surface area contributed by atoms with Crippen LogP contribution in [-0.2, 0) is 6.61 Å². The van der Waals surface area contributed by atoms with E-state index in [2.05, 4.69) is 10.1 Å². The van der Waals surface area contributed by atoms with E-state index in [0.717, 1.165) is 11.6 Å². The normalized spacial score (nSPS) is 14.9. The summed E-state index contributed by atoms with van der Waals surface area (Å²) in [5, 5.41) is 3.90. The fourth-order valence-electron chi connectivity index (χ4n) is 1.60. The maximum atomic E-state index is 5.58. The number of nitrogens with zero attached hydrogens (tertiary/aromatic N) is 2. The predicted molar refractivity (Wildman–Crippen MR) is 61.8 cm³/mol. The molecule has 17 heavy (non-hydrogen) atoms. The summed E-state index contributed by atoms with van der Waals surface area (Å²) in [6.07, 6.45) is 2.33. The van der Waals surface area contributed by atoms with Crippen LogP contribution < -0.4 is 4.74 Å². The van der Waals surface area contributed by atoms with Crippen molar-refractivity contribution >= 4 is 0 Å². The highest BCUT2D eigenvalue weighted by Crippen LogP contribution is 2.38. The molecule has 0 atom stereocenters. The van der Waals surface area contributed by atoms with Crippen molar-refractivity contribution in [2.45, 2.75) is 32.3 Å². The van der Waals surface area contributed by atoms with E-state index in [-0.39, 0.29) is 0 Å². The number of aryl methyl sites for hydroxylation is 1.